The molecule has 0 spiro atoms. The molecule has 0 fully saturated rings. The molecule has 0 aromatic heterocycles. The molecule has 0 aliphatic carbocycles. The quantitative estimate of drug-likeness (QED) is 0.0725. The first-order chi connectivity index (χ1) is 21.8. The summed E-state index contributed by atoms with van der Waals surface area (Å²) >= 11 is 11.8. The third kappa shape index (κ3) is 8.79. The van der Waals surface area contributed by atoms with E-state index < -0.39 is 17.8 Å². The molecule has 8 nitrogen and oxygen atoms in total. The van der Waals surface area contributed by atoms with Crippen molar-refractivity contribution >= 4 is 47.3 Å². The summed E-state index contributed by atoms with van der Waals surface area (Å²) in [4.78, 5) is 38.2. The van der Waals surface area contributed by atoms with E-state index in [9.17, 15) is 14.4 Å². The fourth-order valence-electron chi connectivity index (χ4n) is 3.94. The fraction of sp³-hybridized carbons (Fsp3) is 0.0286. The van der Waals surface area contributed by atoms with Gasteiger partial charge in [0, 0.05) is 27.2 Å². The van der Waals surface area contributed by atoms with Gasteiger partial charge in [0.25, 0.3) is 5.91 Å². The molecule has 0 bridgehead atoms. The van der Waals surface area contributed by atoms with Gasteiger partial charge in [0.1, 0.15) is 23.9 Å². The Morgan fingerprint density at radius 2 is 1.20 bits per heavy atom. The summed E-state index contributed by atoms with van der Waals surface area (Å²) in [5.74, 6) is -1.01. The molecule has 5 aromatic rings. The minimum Gasteiger partial charge on any atom is -0.489 e. The number of carbonyl (C=O) groups excluding carboxylic acids is 3. The van der Waals surface area contributed by atoms with Crippen molar-refractivity contribution in [2.75, 3.05) is 0 Å². The van der Waals surface area contributed by atoms with Crippen LogP contribution in [0.5, 0.6) is 17.2 Å². The molecule has 5 aromatic carbocycles. The first-order valence-corrected chi connectivity index (χ1v) is 14.3. The number of hydrogen-bond acceptors (Lipinski definition) is 7. The number of ether oxygens (including phenoxy) is 3. The first-order valence-electron chi connectivity index (χ1n) is 13.5. The van der Waals surface area contributed by atoms with Crippen LogP contribution in [0.3, 0.4) is 0 Å². The lowest BCUT2D eigenvalue weighted by molar-refractivity contribution is 0.0732. The molecular weight excluding hydrogens is 615 g/mol. The number of rotatable bonds is 10. The van der Waals surface area contributed by atoms with Crippen LogP contribution in [0.4, 0.5) is 0 Å². The zero-order valence-electron chi connectivity index (χ0n) is 23.5. The molecule has 0 aliphatic rings. The van der Waals surface area contributed by atoms with E-state index in [1.54, 1.807) is 48.5 Å². The second-order valence-electron chi connectivity index (χ2n) is 9.49. The van der Waals surface area contributed by atoms with Gasteiger partial charge in [-0.3, -0.25) is 4.79 Å². The van der Waals surface area contributed by atoms with Gasteiger partial charge >= 0.3 is 11.9 Å². The van der Waals surface area contributed by atoms with Gasteiger partial charge in [-0.1, -0.05) is 53.5 Å². The van der Waals surface area contributed by atoms with Crippen LogP contribution in [0.2, 0.25) is 10.0 Å². The molecule has 224 valence electrons. The van der Waals surface area contributed by atoms with Crippen LogP contribution in [0.15, 0.2) is 126 Å². The van der Waals surface area contributed by atoms with Crippen LogP contribution in [0.25, 0.3) is 0 Å². The van der Waals surface area contributed by atoms with E-state index in [0.29, 0.717) is 33.5 Å². The molecule has 0 saturated heterocycles. The summed E-state index contributed by atoms with van der Waals surface area (Å²) in [7, 11) is 0. The van der Waals surface area contributed by atoms with Gasteiger partial charge in [0.05, 0.1) is 17.3 Å². The molecule has 0 heterocycles. The predicted octanol–water partition coefficient (Wildman–Crippen LogP) is 7.77. The summed E-state index contributed by atoms with van der Waals surface area (Å²) < 4.78 is 16.9. The van der Waals surface area contributed by atoms with E-state index in [4.69, 9.17) is 37.4 Å². The van der Waals surface area contributed by atoms with E-state index in [0.717, 1.165) is 5.56 Å². The average Bonchev–Trinajstić information content (AvgIpc) is 3.06. The van der Waals surface area contributed by atoms with E-state index >= 15 is 0 Å². The van der Waals surface area contributed by atoms with Crippen LogP contribution in [-0.4, -0.2) is 24.1 Å². The number of carbonyl (C=O) groups is 3. The maximum absolute atomic E-state index is 12.9. The third-order valence-electron chi connectivity index (χ3n) is 6.29. The van der Waals surface area contributed by atoms with Crippen LogP contribution in [-0.2, 0) is 6.61 Å². The Balaban J connectivity index is 1.28. The SMILES string of the molecule is O=C(N/N=C\c1ccc(OC(=O)c2ccc(Cl)cc2)cc1OC(=O)c1ccc(Cl)cc1)c1ccc(OCc2ccccc2)cc1. The predicted molar refractivity (Wildman–Crippen MR) is 172 cm³/mol. The molecule has 0 saturated carbocycles. The molecule has 1 N–H and O–H groups in total. The number of nitrogens with zero attached hydrogens (tertiary/aromatic N) is 1. The topological polar surface area (TPSA) is 103 Å². The second kappa shape index (κ2) is 14.8. The highest BCUT2D eigenvalue weighted by atomic mass is 35.5. The minimum absolute atomic E-state index is 0.0364. The highest BCUT2D eigenvalue weighted by Crippen LogP contribution is 2.26. The molecular formula is C35H24Cl2N2O6. The minimum atomic E-state index is -0.680. The summed E-state index contributed by atoms with van der Waals surface area (Å²) in [6.45, 7) is 0.403. The Bertz CT molecular complexity index is 1830. The van der Waals surface area contributed by atoms with Gasteiger partial charge < -0.3 is 14.2 Å². The maximum atomic E-state index is 12.9. The Labute approximate surface area is 268 Å². The van der Waals surface area contributed by atoms with E-state index in [1.165, 1.54) is 48.7 Å². The van der Waals surface area contributed by atoms with Crippen molar-refractivity contribution in [3.8, 4) is 17.2 Å². The number of benzene rings is 5. The summed E-state index contributed by atoms with van der Waals surface area (Å²) in [6, 6.07) is 33.1. The van der Waals surface area contributed by atoms with Crippen molar-refractivity contribution in [2.24, 2.45) is 5.10 Å². The van der Waals surface area contributed by atoms with Crippen LogP contribution < -0.4 is 19.6 Å². The molecule has 0 unspecified atom stereocenters. The fourth-order valence-corrected chi connectivity index (χ4v) is 4.19. The second-order valence-corrected chi connectivity index (χ2v) is 10.4. The molecule has 0 atom stereocenters. The Hall–Kier alpha value is -5.44. The van der Waals surface area contributed by atoms with Gasteiger partial charge in [0.2, 0.25) is 0 Å². The van der Waals surface area contributed by atoms with E-state index in [2.05, 4.69) is 10.5 Å². The number of esters is 2. The molecule has 0 radical (unpaired) electrons. The zero-order valence-corrected chi connectivity index (χ0v) is 25.0. The maximum Gasteiger partial charge on any atom is 0.343 e. The zero-order chi connectivity index (χ0) is 31.6. The number of hydrazone groups is 1. The van der Waals surface area contributed by atoms with Crippen LogP contribution in [0.1, 0.15) is 42.2 Å². The largest absolute Gasteiger partial charge is 0.489 e. The molecule has 45 heavy (non-hydrogen) atoms. The summed E-state index contributed by atoms with van der Waals surface area (Å²) in [5, 5.41) is 4.96. The standard InChI is InChI=1S/C35H24Cl2N2O6/c36-28-13-6-25(7-14-28)34(41)44-31-19-12-27(32(20-31)45-35(42)26-8-15-29(37)16-9-26)21-38-39-33(40)24-10-17-30(18-11-24)43-22-23-4-2-1-3-5-23/h1-21H,22H2,(H,39,40)/b38-21-. The number of halogens is 2. The van der Waals surface area contributed by atoms with Crippen molar-refractivity contribution in [3.05, 3.63) is 159 Å². The summed E-state index contributed by atoms with van der Waals surface area (Å²) in [5.41, 5.74) is 4.70. The van der Waals surface area contributed by atoms with Gasteiger partial charge in [-0.15, -0.1) is 0 Å². The van der Waals surface area contributed by atoms with Crippen molar-refractivity contribution < 1.29 is 28.6 Å². The Morgan fingerprint density at radius 3 is 1.82 bits per heavy atom. The normalized spacial score (nSPS) is 10.7. The average molecular weight is 639 g/mol. The lowest BCUT2D eigenvalue weighted by Crippen LogP contribution is -2.17. The third-order valence-corrected chi connectivity index (χ3v) is 6.80. The van der Waals surface area contributed by atoms with E-state index in [-0.39, 0.29) is 22.6 Å². The lowest BCUT2D eigenvalue weighted by atomic mass is 10.2. The molecule has 1 amide bonds. The first kappa shape index (κ1) is 31.0. The Morgan fingerprint density at radius 1 is 0.644 bits per heavy atom. The van der Waals surface area contributed by atoms with Crippen molar-refractivity contribution in [2.45, 2.75) is 6.61 Å². The van der Waals surface area contributed by atoms with Gasteiger partial charge in [0.15, 0.2) is 0 Å². The van der Waals surface area contributed by atoms with Crippen LogP contribution >= 0.6 is 23.2 Å². The Kier molecular flexibility index (Phi) is 10.2. The van der Waals surface area contributed by atoms with Gasteiger partial charge in [-0.25, -0.2) is 15.0 Å². The highest BCUT2D eigenvalue weighted by Gasteiger charge is 2.15. The number of hydrogen-bond donors (Lipinski definition) is 1. The summed E-state index contributed by atoms with van der Waals surface area (Å²) in [6.07, 6.45) is 1.31. The number of nitrogens with one attached hydrogen (secondary N) is 1. The monoisotopic (exact) mass is 638 g/mol. The van der Waals surface area contributed by atoms with Crippen molar-refractivity contribution in [1.29, 1.82) is 0 Å². The molecule has 10 heteroatoms. The van der Waals surface area contributed by atoms with Crippen molar-refractivity contribution in [1.82, 2.24) is 5.43 Å². The lowest BCUT2D eigenvalue weighted by Gasteiger charge is -2.11. The molecule has 5 rings (SSSR count). The van der Waals surface area contributed by atoms with Gasteiger partial charge in [-0.05, 0) is 90.5 Å². The smallest absolute Gasteiger partial charge is 0.343 e. The van der Waals surface area contributed by atoms with Gasteiger partial charge in [-0.2, -0.15) is 5.10 Å². The highest BCUT2D eigenvalue weighted by molar-refractivity contribution is 6.31. The van der Waals surface area contributed by atoms with Crippen molar-refractivity contribution in [3.63, 3.8) is 0 Å². The number of amides is 1. The molecule has 0 aliphatic heterocycles. The van der Waals surface area contributed by atoms with Crippen LogP contribution in [0, 0.1) is 0 Å². The van der Waals surface area contributed by atoms with E-state index in [1.807, 2.05) is 30.3 Å².